The molecular weight excluding hydrogens is 400 g/mol. The third-order valence-corrected chi connectivity index (χ3v) is 4.98. The Kier molecular flexibility index (Phi) is 16.8. The average Bonchev–Trinajstić information content (AvgIpc) is 2.74. The minimum atomic E-state index is -1.82. The molecule has 0 amide bonds. The van der Waals surface area contributed by atoms with E-state index in [4.69, 9.17) is 19.8 Å². The Morgan fingerprint density at radius 3 is 1.90 bits per heavy atom. The number of aliphatic carboxylic acids is 2. The first-order valence-corrected chi connectivity index (χ1v) is 11.2. The number of hydrogen-bond donors (Lipinski definition) is 2. The largest absolute Gasteiger partial charge is 0.473 e. The first-order chi connectivity index (χ1) is 14.8. The predicted molar refractivity (Wildman–Crippen MR) is 121 cm³/mol. The van der Waals surface area contributed by atoms with Crippen molar-refractivity contribution < 1.29 is 24.7 Å². The van der Waals surface area contributed by atoms with Crippen LogP contribution < -0.4 is 0 Å². The molecule has 1 aromatic rings. The van der Waals surface area contributed by atoms with E-state index in [9.17, 15) is 10.1 Å². The Bertz CT molecular complexity index is 612. The van der Waals surface area contributed by atoms with Crippen molar-refractivity contribution in [3.05, 3.63) is 46.0 Å². The summed E-state index contributed by atoms with van der Waals surface area (Å²) in [7, 11) is 0. The number of unbranched alkanes of at least 4 members (excludes halogenated alkanes) is 5. The summed E-state index contributed by atoms with van der Waals surface area (Å²) < 4.78 is 0. The molecule has 8 nitrogen and oxygen atoms in total. The highest BCUT2D eigenvalue weighted by Crippen LogP contribution is 2.22. The molecule has 0 saturated carbocycles. The topological polar surface area (TPSA) is 121 Å². The second kappa shape index (κ2) is 18.3. The lowest BCUT2D eigenvalue weighted by Crippen LogP contribution is -2.28. The molecule has 1 atom stereocenters. The fourth-order valence-electron chi connectivity index (χ4n) is 3.23. The van der Waals surface area contributed by atoms with E-state index in [-0.39, 0.29) is 4.92 Å². The zero-order valence-corrected chi connectivity index (χ0v) is 18.9. The first kappa shape index (κ1) is 28.5. The van der Waals surface area contributed by atoms with Crippen LogP contribution in [-0.2, 0) is 9.59 Å². The molecular formula is C23H38N2O6. The maximum atomic E-state index is 11.4. The molecule has 0 fully saturated rings. The van der Waals surface area contributed by atoms with Crippen LogP contribution in [0.15, 0.2) is 30.3 Å². The Hall–Kier alpha value is -2.48. The molecule has 0 saturated heterocycles. The van der Waals surface area contributed by atoms with Gasteiger partial charge in [-0.3, -0.25) is 10.1 Å². The molecule has 0 heterocycles. The maximum absolute atomic E-state index is 11.4. The van der Waals surface area contributed by atoms with E-state index in [0.717, 1.165) is 31.6 Å². The van der Waals surface area contributed by atoms with Crippen molar-refractivity contribution in [2.75, 3.05) is 19.6 Å². The van der Waals surface area contributed by atoms with E-state index in [2.05, 4.69) is 18.7 Å². The lowest BCUT2D eigenvalue weighted by Gasteiger charge is -2.22. The molecule has 2 N–H and O–H groups in total. The van der Waals surface area contributed by atoms with Crippen molar-refractivity contribution >= 4 is 11.9 Å². The fourth-order valence-corrected chi connectivity index (χ4v) is 3.23. The van der Waals surface area contributed by atoms with E-state index >= 15 is 0 Å². The summed E-state index contributed by atoms with van der Waals surface area (Å²) in [5.41, 5.74) is 0.826. The van der Waals surface area contributed by atoms with Gasteiger partial charge in [0.05, 0.1) is 0 Å². The van der Waals surface area contributed by atoms with Gasteiger partial charge < -0.3 is 15.1 Å². The smallest absolute Gasteiger partial charge is 0.414 e. The van der Waals surface area contributed by atoms with Crippen molar-refractivity contribution in [3.63, 3.8) is 0 Å². The number of rotatable bonds is 15. The summed E-state index contributed by atoms with van der Waals surface area (Å²) in [5.74, 6) is -3.65. The van der Waals surface area contributed by atoms with Crippen LogP contribution >= 0.6 is 0 Å². The third-order valence-electron chi connectivity index (χ3n) is 4.98. The van der Waals surface area contributed by atoms with Crippen molar-refractivity contribution in [1.82, 2.24) is 4.90 Å². The van der Waals surface area contributed by atoms with Gasteiger partial charge in [0.1, 0.15) is 0 Å². The number of nitro groups is 1. The van der Waals surface area contributed by atoms with Gasteiger partial charge in [-0.05, 0) is 38.9 Å². The molecule has 0 aliphatic rings. The summed E-state index contributed by atoms with van der Waals surface area (Å²) in [6.07, 6.45) is 10.4. The van der Waals surface area contributed by atoms with Crippen molar-refractivity contribution in [2.24, 2.45) is 0 Å². The summed E-state index contributed by atoms with van der Waals surface area (Å²) in [6, 6.07) is 8.85. The number of carboxylic acids is 2. The average molecular weight is 439 g/mol. The van der Waals surface area contributed by atoms with Crippen LogP contribution in [0.3, 0.4) is 0 Å². The molecule has 1 rings (SSSR count). The standard InChI is InChI=1S/C21H36N2O2.C2H2O4/c1-3-5-7-8-12-18-22(17-6-4-2)19-13-16-21(23(24)25)20-14-10-9-11-15-20;3-1(4)2(5)6/h9-11,14-15,21H,3-8,12-13,16-19H2,1-2H3;(H,3,4)(H,5,6). The van der Waals surface area contributed by atoms with E-state index < -0.39 is 18.0 Å². The van der Waals surface area contributed by atoms with Gasteiger partial charge in [-0.2, -0.15) is 0 Å². The summed E-state index contributed by atoms with van der Waals surface area (Å²) in [5, 5.41) is 26.2. The number of hydrogen-bond acceptors (Lipinski definition) is 5. The van der Waals surface area contributed by atoms with E-state index in [1.54, 1.807) is 0 Å². The Morgan fingerprint density at radius 1 is 0.871 bits per heavy atom. The number of carbonyl (C=O) groups is 2. The van der Waals surface area contributed by atoms with Gasteiger partial charge >= 0.3 is 11.9 Å². The van der Waals surface area contributed by atoms with Crippen LogP contribution in [0.5, 0.6) is 0 Å². The number of benzene rings is 1. The molecule has 0 aromatic heterocycles. The number of carboxylic acid groups (broad SMARTS) is 2. The minimum absolute atomic E-state index is 0.129. The highest BCUT2D eigenvalue weighted by Gasteiger charge is 2.22. The molecule has 8 heteroatoms. The van der Waals surface area contributed by atoms with Crippen LogP contribution in [0, 0.1) is 10.1 Å². The molecule has 0 radical (unpaired) electrons. The van der Waals surface area contributed by atoms with Crippen LogP contribution in [0.1, 0.15) is 83.2 Å². The molecule has 176 valence electrons. The molecule has 31 heavy (non-hydrogen) atoms. The second-order valence-electron chi connectivity index (χ2n) is 7.57. The van der Waals surface area contributed by atoms with Crippen molar-refractivity contribution in [1.29, 1.82) is 0 Å². The van der Waals surface area contributed by atoms with Gasteiger partial charge in [-0.25, -0.2) is 9.59 Å². The molecule has 1 unspecified atom stereocenters. The van der Waals surface area contributed by atoms with Gasteiger partial charge in [-0.1, -0.05) is 76.3 Å². The van der Waals surface area contributed by atoms with Crippen LogP contribution in [0.4, 0.5) is 0 Å². The van der Waals surface area contributed by atoms with Gasteiger partial charge in [-0.15, -0.1) is 0 Å². The van der Waals surface area contributed by atoms with Crippen molar-refractivity contribution in [3.8, 4) is 0 Å². The van der Waals surface area contributed by atoms with Gasteiger partial charge in [0, 0.05) is 16.9 Å². The predicted octanol–water partition coefficient (Wildman–Crippen LogP) is 5.01. The molecule has 0 bridgehead atoms. The molecule has 0 aliphatic heterocycles. The second-order valence-corrected chi connectivity index (χ2v) is 7.57. The lowest BCUT2D eigenvalue weighted by molar-refractivity contribution is -0.530. The highest BCUT2D eigenvalue weighted by molar-refractivity contribution is 6.27. The summed E-state index contributed by atoms with van der Waals surface area (Å²) in [6.45, 7) is 7.70. The van der Waals surface area contributed by atoms with Crippen molar-refractivity contribution in [2.45, 2.75) is 77.7 Å². The molecule has 0 spiro atoms. The highest BCUT2D eigenvalue weighted by atomic mass is 16.6. The van der Waals surface area contributed by atoms with Crippen LogP contribution in [-0.4, -0.2) is 51.6 Å². The van der Waals surface area contributed by atoms with Gasteiger partial charge in [0.15, 0.2) is 0 Å². The monoisotopic (exact) mass is 438 g/mol. The Labute approximate surface area is 185 Å². The maximum Gasteiger partial charge on any atom is 0.414 e. The summed E-state index contributed by atoms with van der Waals surface area (Å²) >= 11 is 0. The van der Waals surface area contributed by atoms with E-state index in [1.807, 2.05) is 30.3 Å². The minimum Gasteiger partial charge on any atom is -0.473 e. The Morgan fingerprint density at radius 2 is 1.39 bits per heavy atom. The van der Waals surface area contributed by atoms with Crippen LogP contribution in [0.25, 0.3) is 0 Å². The third kappa shape index (κ3) is 15.0. The Balaban J connectivity index is 0.00000131. The van der Waals surface area contributed by atoms with E-state index in [0.29, 0.717) is 6.42 Å². The first-order valence-electron chi connectivity index (χ1n) is 11.2. The molecule has 0 aliphatic carbocycles. The SMILES string of the molecule is CCCCCCCN(CCCC)CCCC(c1ccccc1)[N+](=O)[O-].O=C(O)C(=O)O. The quantitative estimate of drug-likeness (QED) is 0.171. The van der Waals surface area contributed by atoms with E-state index in [1.165, 1.54) is 44.9 Å². The van der Waals surface area contributed by atoms with Gasteiger partial charge in [0.2, 0.25) is 6.04 Å². The summed E-state index contributed by atoms with van der Waals surface area (Å²) in [4.78, 5) is 32.0. The fraction of sp³-hybridized carbons (Fsp3) is 0.652. The number of nitrogens with zero attached hydrogens (tertiary/aromatic N) is 2. The zero-order chi connectivity index (χ0) is 23.5. The van der Waals surface area contributed by atoms with Crippen LogP contribution in [0.2, 0.25) is 0 Å². The molecule has 1 aromatic carbocycles. The zero-order valence-electron chi connectivity index (χ0n) is 18.9. The van der Waals surface area contributed by atoms with Gasteiger partial charge in [0.25, 0.3) is 0 Å². The lowest BCUT2D eigenvalue weighted by atomic mass is 10.0. The normalized spacial score (nSPS) is 11.5.